The Balaban J connectivity index is 2.30. The first-order chi connectivity index (χ1) is 8.85. The zero-order valence-electron chi connectivity index (χ0n) is 10.9. The van der Waals surface area contributed by atoms with Crippen molar-refractivity contribution in [3.05, 3.63) is 48.8 Å². The molecule has 1 aromatic heterocycles. The first-order valence-electron chi connectivity index (χ1n) is 6.36. The van der Waals surface area contributed by atoms with Crippen LogP contribution in [0.2, 0.25) is 0 Å². The fourth-order valence-electron chi connectivity index (χ4n) is 2.00. The number of rotatable bonds is 5. The average Bonchev–Trinajstić information content (AvgIpc) is 2.42. The highest BCUT2D eigenvalue weighted by atomic mass is 15.1. The second kappa shape index (κ2) is 6.05. The van der Waals surface area contributed by atoms with Gasteiger partial charge in [-0.25, -0.2) is 0 Å². The molecular weight excluding hydrogens is 222 g/mol. The lowest BCUT2D eigenvalue weighted by Crippen LogP contribution is -2.16. The number of nitrogens with zero attached hydrogens (tertiary/aromatic N) is 2. The van der Waals surface area contributed by atoms with Crippen LogP contribution in [0.25, 0.3) is 0 Å². The number of para-hydroxylation sites is 1. The minimum atomic E-state index is 0.905. The van der Waals surface area contributed by atoms with Gasteiger partial charge in [0.05, 0.1) is 23.8 Å². The van der Waals surface area contributed by atoms with Crippen LogP contribution >= 0.6 is 0 Å². The molecule has 0 saturated carbocycles. The van der Waals surface area contributed by atoms with Crippen LogP contribution in [0.3, 0.4) is 0 Å². The molecule has 0 amide bonds. The summed E-state index contributed by atoms with van der Waals surface area (Å²) in [5.74, 6) is 0. The maximum absolute atomic E-state index is 4.29. The predicted octanol–water partition coefficient (Wildman–Crippen LogP) is 3.67. The Kier molecular flexibility index (Phi) is 4.18. The minimum absolute atomic E-state index is 0.905. The molecule has 1 N–H and O–H groups in total. The first kappa shape index (κ1) is 12.4. The van der Waals surface area contributed by atoms with Crippen molar-refractivity contribution < 1.29 is 0 Å². The summed E-state index contributed by atoms with van der Waals surface area (Å²) in [5.41, 5.74) is 3.36. The van der Waals surface area contributed by atoms with Crippen molar-refractivity contribution in [3.63, 3.8) is 0 Å². The molecule has 0 fully saturated rings. The van der Waals surface area contributed by atoms with Crippen molar-refractivity contribution in [1.29, 1.82) is 0 Å². The highest BCUT2D eigenvalue weighted by Crippen LogP contribution is 2.25. The Morgan fingerprint density at radius 1 is 1.06 bits per heavy atom. The molecule has 3 nitrogen and oxygen atoms in total. The van der Waals surface area contributed by atoms with Gasteiger partial charge in [0.15, 0.2) is 0 Å². The molecule has 1 aromatic carbocycles. The van der Waals surface area contributed by atoms with Crippen molar-refractivity contribution in [2.24, 2.45) is 0 Å². The van der Waals surface area contributed by atoms with E-state index in [0.29, 0.717) is 0 Å². The lowest BCUT2D eigenvalue weighted by Gasteiger charge is -2.23. The van der Waals surface area contributed by atoms with Gasteiger partial charge in [-0.3, -0.25) is 4.98 Å². The molecule has 3 heteroatoms. The van der Waals surface area contributed by atoms with E-state index in [1.54, 1.807) is 0 Å². The van der Waals surface area contributed by atoms with Crippen molar-refractivity contribution in [1.82, 2.24) is 4.98 Å². The second-order valence-corrected chi connectivity index (χ2v) is 4.04. The number of nitrogens with one attached hydrogen (secondary N) is 1. The number of pyridine rings is 1. The molecule has 0 aliphatic rings. The molecule has 0 aliphatic heterocycles. The van der Waals surface area contributed by atoms with Crippen molar-refractivity contribution in [2.75, 3.05) is 23.3 Å². The standard InChI is InChI=1S/C15H19N3/c1-3-17-13-10-15(12-16-11-13)18(4-2)14-8-6-5-7-9-14/h5-12,17H,3-4H2,1-2H3. The minimum Gasteiger partial charge on any atom is -0.384 e. The third-order valence-corrected chi connectivity index (χ3v) is 2.80. The number of hydrogen-bond donors (Lipinski definition) is 1. The second-order valence-electron chi connectivity index (χ2n) is 4.04. The van der Waals surface area contributed by atoms with E-state index in [-0.39, 0.29) is 0 Å². The van der Waals surface area contributed by atoms with Crippen LogP contribution in [-0.2, 0) is 0 Å². The molecule has 18 heavy (non-hydrogen) atoms. The van der Waals surface area contributed by atoms with Crippen LogP contribution in [0.5, 0.6) is 0 Å². The first-order valence-corrected chi connectivity index (χ1v) is 6.36. The maximum atomic E-state index is 4.29. The zero-order valence-corrected chi connectivity index (χ0v) is 10.9. The van der Waals surface area contributed by atoms with Crippen molar-refractivity contribution in [2.45, 2.75) is 13.8 Å². The zero-order chi connectivity index (χ0) is 12.8. The van der Waals surface area contributed by atoms with Crippen molar-refractivity contribution in [3.8, 4) is 0 Å². The fraction of sp³-hybridized carbons (Fsp3) is 0.267. The van der Waals surface area contributed by atoms with Gasteiger partial charge in [0.1, 0.15) is 0 Å². The van der Waals surface area contributed by atoms with E-state index in [1.807, 2.05) is 18.5 Å². The summed E-state index contributed by atoms with van der Waals surface area (Å²) in [6, 6.07) is 12.5. The van der Waals surface area contributed by atoms with Gasteiger partial charge >= 0.3 is 0 Å². The van der Waals surface area contributed by atoms with Gasteiger partial charge in [-0.2, -0.15) is 0 Å². The third kappa shape index (κ3) is 2.80. The SMILES string of the molecule is CCNc1cncc(N(CC)c2ccccc2)c1. The maximum Gasteiger partial charge on any atom is 0.0617 e. The fourth-order valence-corrected chi connectivity index (χ4v) is 2.00. The van der Waals surface area contributed by atoms with E-state index in [4.69, 9.17) is 0 Å². The van der Waals surface area contributed by atoms with Crippen LogP contribution in [0.1, 0.15) is 13.8 Å². The van der Waals surface area contributed by atoms with Crippen LogP contribution in [0.4, 0.5) is 17.1 Å². The molecule has 0 radical (unpaired) electrons. The molecule has 0 spiro atoms. The normalized spacial score (nSPS) is 10.1. The number of benzene rings is 1. The Labute approximate surface area is 108 Å². The van der Waals surface area contributed by atoms with Crippen LogP contribution < -0.4 is 10.2 Å². The molecule has 94 valence electrons. The summed E-state index contributed by atoms with van der Waals surface area (Å²) in [6.07, 6.45) is 3.75. The number of hydrogen-bond acceptors (Lipinski definition) is 3. The van der Waals surface area contributed by atoms with Gasteiger partial charge in [-0.15, -0.1) is 0 Å². The van der Waals surface area contributed by atoms with Gasteiger partial charge in [-0.1, -0.05) is 18.2 Å². The molecule has 2 rings (SSSR count). The van der Waals surface area contributed by atoms with E-state index in [2.05, 4.69) is 59.4 Å². The van der Waals surface area contributed by atoms with Gasteiger partial charge in [0, 0.05) is 18.8 Å². The summed E-state index contributed by atoms with van der Waals surface area (Å²) in [6.45, 7) is 6.05. The van der Waals surface area contributed by atoms with E-state index < -0.39 is 0 Å². The number of aromatic nitrogens is 1. The van der Waals surface area contributed by atoms with E-state index in [9.17, 15) is 0 Å². The summed E-state index contributed by atoms with van der Waals surface area (Å²) in [7, 11) is 0. The van der Waals surface area contributed by atoms with Gasteiger partial charge in [0.25, 0.3) is 0 Å². The van der Waals surface area contributed by atoms with Crippen LogP contribution in [-0.4, -0.2) is 18.1 Å². The highest BCUT2D eigenvalue weighted by Gasteiger charge is 2.07. The van der Waals surface area contributed by atoms with Gasteiger partial charge in [-0.05, 0) is 32.0 Å². The summed E-state index contributed by atoms with van der Waals surface area (Å²) in [4.78, 5) is 6.54. The largest absolute Gasteiger partial charge is 0.384 e. The monoisotopic (exact) mass is 241 g/mol. The number of anilines is 3. The third-order valence-electron chi connectivity index (χ3n) is 2.80. The molecule has 1 heterocycles. The van der Waals surface area contributed by atoms with E-state index in [1.165, 1.54) is 5.69 Å². The summed E-state index contributed by atoms with van der Waals surface area (Å²) >= 11 is 0. The summed E-state index contributed by atoms with van der Waals surface area (Å²) < 4.78 is 0. The molecule has 0 bridgehead atoms. The highest BCUT2D eigenvalue weighted by molar-refractivity contribution is 5.65. The van der Waals surface area contributed by atoms with E-state index >= 15 is 0 Å². The molecular formula is C15H19N3. The van der Waals surface area contributed by atoms with Gasteiger partial charge in [0.2, 0.25) is 0 Å². The Morgan fingerprint density at radius 2 is 1.83 bits per heavy atom. The lowest BCUT2D eigenvalue weighted by molar-refractivity contribution is 1.01. The predicted molar refractivity (Wildman–Crippen MR) is 77.5 cm³/mol. The van der Waals surface area contributed by atoms with Crippen LogP contribution in [0, 0.1) is 0 Å². The smallest absolute Gasteiger partial charge is 0.0617 e. The quantitative estimate of drug-likeness (QED) is 0.865. The van der Waals surface area contributed by atoms with Gasteiger partial charge < -0.3 is 10.2 Å². The van der Waals surface area contributed by atoms with Crippen molar-refractivity contribution >= 4 is 17.1 Å². The average molecular weight is 241 g/mol. The molecule has 0 atom stereocenters. The molecule has 2 aromatic rings. The van der Waals surface area contributed by atoms with Crippen LogP contribution in [0.15, 0.2) is 48.8 Å². The Bertz CT molecular complexity index is 482. The molecule has 0 saturated heterocycles. The van der Waals surface area contributed by atoms with E-state index in [0.717, 1.165) is 24.5 Å². The Hall–Kier alpha value is -2.03. The Morgan fingerprint density at radius 3 is 2.50 bits per heavy atom. The summed E-state index contributed by atoms with van der Waals surface area (Å²) in [5, 5.41) is 3.29. The lowest BCUT2D eigenvalue weighted by atomic mass is 10.2. The molecule has 0 aliphatic carbocycles. The molecule has 0 unspecified atom stereocenters. The topological polar surface area (TPSA) is 28.2 Å².